The van der Waals surface area contributed by atoms with Crippen LogP contribution in [0.3, 0.4) is 0 Å². The monoisotopic (exact) mass is 397 g/mol. The van der Waals surface area contributed by atoms with Crippen LogP contribution in [0.2, 0.25) is 0 Å². The highest BCUT2D eigenvalue weighted by molar-refractivity contribution is 6.02. The lowest BCUT2D eigenvalue weighted by Gasteiger charge is -2.36. The lowest BCUT2D eigenvalue weighted by molar-refractivity contribution is 0.0225. The number of hydrogen-bond acceptors (Lipinski definition) is 5. The fourth-order valence-corrected chi connectivity index (χ4v) is 4.59. The van der Waals surface area contributed by atoms with Crippen molar-refractivity contribution in [3.05, 3.63) is 101 Å². The van der Waals surface area contributed by atoms with Crippen LogP contribution in [0.4, 0.5) is 5.69 Å². The first kappa shape index (κ1) is 17.3. The van der Waals surface area contributed by atoms with Crippen LogP contribution in [0.15, 0.2) is 78.9 Å². The number of ether oxygens (including phenoxy) is 3. The summed E-state index contributed by atoms with van der Waals surface area (Å²) in [5, 5.41) is 3.38. The van der Waals surface area contributed by atoms with Crippen molar-refractivity contribution < 1.29 is 19.0 Å². The van der Waals surface area contributed by atoms with Crippen LogP contribution >= 0.6 is 0 Å². The molecule has 0 amide bonds. The summed E-state index contributed by atoms with van der Waals surface area (Å²) in [5.41, 5.74) is 2.76. The molecule has 0 saturated carbocycles. The normalized spacial score (nSPS) is 19.6. The van der Waals surface area contributed by atoms with Gasteiger partial charge in [0.1, 0.15) is 11.5 Å². The number of carbonyl (C=O) groups is 1. The summed E-state index contributed by atoms with van der Waals surface area (Å²) in [4.78, 5) is 13.2. The summed E-state index contributed by atoms with van der Waals surface area (Å²) in [7, 11) is 0. The molecule has 0 aliphatic carbocycles. The molecule has 0 fully saturated rings. The van der Waals surface area contributed by atoms with E-state index >= 15 is 0 Å². The minimum atomic E-state index is -1.03. The second-order valence-electron chi connectivity index (χ2n) is 7.57. The number of hydrogen-bond donors (Lipinski definition) is 1. The van der Waals surface area contributed by atoms with Gasteiger partial charge in [-0.15, -0.1) is 0 Å². The maximum Gasteiger partial charge on any atom is 0.342 e. The van der Waals surface area contributed by atoms with E-state index in [4.69, 9.17) is 14.2 Å². The summed E-state index contributed by atoms with van der Waals surface area (Å²) in [6, 6.07) is 21.3. The molecule has 30 heavy (non-hydrogen) atoms. The van der Waals surface area contributed by atoms with Crippen LogP contribution in [0.1, 0.15) is 27.0 Å². The third-order valence-corrected chi connectivity index (χ3v) is 5.90. The average Bonchev–Trinajstić information content (AvgIpc) is 3.40. The van der Waals surface area contributed by atoms with E-state index in [9.17, 15) is 4.79 Å². The highest BCUT2D eigenvalue weighted by Gasteiger charge is 2.54. The quantitative estimate of drug-likeness (QED) is 0.516. The van der Waals surface area contributed by atoms with Gasteiger partial charge in [-0.1, -0.05) is 60.7 Å². The number of esters is 1. The minimum Gasteiger partial charge on any atom is -0.456 e. The van der Waals surface area contributed by atoms with Crippen LogP contribution in [-0.4, -0.2) is 25.2 Å². The molecule has 6 rings (SSSR count). The Bertz CT molecular complexity index is 1150. The predicted molar refractivity (Wildman–Crippen MR) is 112 cm³/mol. The molecule has 1 N–H and O–H groups in total. The van der Waals surface area contributed by atoms with Gasteiger partial charge in [0.2, 0.25) is 0 Å². The summed E-state index contributed by atoms with van der Waals surface area (Å²) < 4.78 is 18.0. The van der Waals surface area contributed by atoms with E-state index in [1.165, 1.54) is 0 Å². The van der Waals surface area contributed by atoms with Gasteiger partial charge in [0, 0.05) is 28.9 Å². The molecule has 3 aliphatic heterocycles. The third kappa shape index (κ3) is 2.36. The van der Waals surface area contributed by atoms with Gasteiger partial charge in [-0.2, -0.15) is 0 Å². The molecular weight excluding hydrogens is 378 g/mol. The van der Waals surface area contributed by atoms with E-state index < -0.39 is 5.60 Å². The molecule has 0 bridgehead atoms. The van der Waals surface area contributed by atoms with Crippen molar-refractivity contribution in [3.63, 3.8) is 0 Å². The first-order valence-electron chi connectivity index (χ1n) is 10.0. The Balaban J connectivity index is 1.53. The van der Waals surface area contributed by atoms with Gasteiger partial charge in [0.25, 0.3) is 0 Å². The second kappa shape index (κ2) is 6.47. The topological polar surface area (TPSA) is 56.8 Å². The van der Waals surface area contributed by atoms with E-state index in [-0.39, 0.29) is 12.1 Å². The highest BCUT2D eigenvalue weighted by Crippen LogP contribution is 2.56. The number of rotatable bonds is 3. The maximum absolute atomic E-state index is 13.2. The molecule has 0 radical (unpaired) electrons. The smallest absolute Gasteiger partial charge is 0.342 e. The van der Waals surface area contributed by atoms with E-state index in [0.29, 0.717) is 30.2 Å². The fraction of sp³-hybridized carbons (Fsp3) is 0.160. The van der Waals surface area contributed by atoms with Crippen molar-refractivity contribution in [2.24, 2.45) is 0 Å². The van der Waals surface area contributed by atoms with Gasteiger partial charge < -0.3 is 19.5 Å². The van der Waals surface area contributed by atoms with Crippen molar-refractivity contribution >= 4 is 11.7 Å². The molecule has 148 valence electrons. The number of nitrogens with one attached hydrogen (secondary N) is 1. The number of para-hydroxylation sites is 2. The lowest BCUT2D eigenvalue weighted by Crippen LogP contribution is -2.32. The van der Waals surface area contributed by atoms with Gasteiger partial charge in [-0.05, 0) is 18.2 Å². The zero-order valence-electron chi connectivity index (χ0n) is 16.1. The summed E-state index contributed by atoms with van der Waals surface area (Å²) in [5.74, 6) is 1.04. The van der Waals surface area contributed by atoms with Gasteiger partial charge in [-0.25, -0.2) is 4.79 Å². The Morgan fingerprint density at radius 3 is 2.30 bits per heavy atom. The Morgan fingerprint density at radius 1 is 0.900 bits per heavy atom. The van der Waals surface area contributed by atoms with Gasteiger partial charge in [0.15, 0.2) is 5.60 Å². The lowest BCUT2D eigenvalue weighted by atomic mass is 9.77. The Morgan fingerprint density at radius 2 is 1.60 bits per heavy atom. The van der Waals surface area contributed by atoms with Crippen molar-refractivity contribution in [1.29, 1.82) is 0 Å². The predicted octanol–water partition coefficient (Wildman–Crippen LogP) is 4.62. The van der Waals surface area contributed by atoms with Crippen LogP contribution in [-0.2, 0) is 15.1 Å². The molecule has 3 aliphatic rings. The van der Waals surface area contributed by atoms with Crippen molar-refractivity contribution in [1.82, 2.24) is 0 Å². The van der Waals surface area contributed by atoms with E-state index in [0.717, 1.165) is 22.4 Å². The van der Waals surface area contributed by atoms with Gasteiger partial charge >= 0.3 is 5.97 Å². The van der Waals surface area contributed by atoms with Crippen molar-refractivity contribution in [2.45, 2.75) is 11.7 Å². The summed E-state index contributed by atoms with van der Waals surface area (Å²) in [6.07, 6.45) is 4.03. The fourth-order valence-electron chi connectivity index (χ4n) is 4.59. The zero-order valence-corrected chi connectivity index (χ0v) is 16.1. The van der Waals surface area contributed by atoms with Gasteiger partial charge in [-0.3, -0.25) is 0 Å². The molecule has 0 saturated heterocycles. The highest BCUT2D eigenvalue weighted by atomic mass is 16.6. The largest absolute Gasteiger partial charge is 0.456 e. The molecule has 5 heteroatoms. The number of fused-ring (bicyclic) bond motifs is 6. The number of carbonyl (C=O) groups excluding carboxylic acids is 1. The Labute approximate surface area is 173 Å². The Hall–Kier alpha value is -3.57. The molecule has 1 atom stereocenters. The molecule has 5 nitrogen and oxygen atoms in total. The molecule has 3 aromatic rings. The van der Waals surface area contributed by atoms with Crippen LogP contribution in [0.5, 0.6) is 11.5 Å². The second-order valence-corrected chi connectivity index (χ2v) is 7.57. The summed E-state index contributed by atoms with van der Waals surface area (Å²) >= 11 is 0. The number of benzene rings is 3. The van der Waals surface area contributed by atoms with E-state index in [1.54, 1.807) is 0 Å². The summed E-state index contributed by atoms with van der Waals surface area (Å²) in [6.45, 7) is 1.21. The van der Waals surface area contributed by atoms with E-state index in [2.05, 4.69) is 5.32 Å². The van der Waals surface area contributed by atoms with Crippen molar-refractivity contribution in [2.75, 3.05) is 18.5 Å². The maximum atomic E-state index is 13.2. The van der Waals surface area contributed by atoms with Crippen molar-refractivity contribution in [3.8, 4) is 11.5 Å². The van der Waals surface area contributed by atoms with E-state index in [1.807, 2.05) is 78.9 Å². The van der Waals surface area contributed by atoms with Crippen LogP contribution in [0.25, 0.3) is 0 Å². The molecule has 1 unspecified atom stereocenters. The molecule has 3 aromatic carbocycles. The van der Waals surface area contributed by atoms with Crippen LogP contribution in [0, 0.1) is 0 Å². The molecule has 3 heterocycles. The SMILES string of the molecule is O=C1OC2(c3ccccc3Oc3ccccc32)c2cccc(NCC3C=CCO3)c21. The third-order valence-electron chi connectivity index (χ3n) is 5.90. The molecule has 0 aromatic heterocycles. The number of anilines is 1. The van der Waals surface area contributed by atoms with Crippen LogP contribution < -0.4 is 10.1 Å². The first-order valence-corrected chi connectivity index (χ1v) is 10.0. The average molecular weight is 397 g/mol. The zero-order chi connectivity index (χ0) is 20.1. The Kier molecular flexibility index (Phi) is 3.73. The first-order chi connectivity index (χ1) is 14.8. The van der Waals surface area contributed by atoms with Gasteiger partial charge in [0.05, 0.1) is 18.3 Å². The molecular formula is C25H19NO4. The minimum absolute atomic E-state index is 0.00299. The standard InChI is InChI=1S/C25H19NO4/c27-24-23-19(10-5-11-20(23)26-15-16-7-6-14-28-16)25(30-24)17-8-1-3-12-21(17)29-22-13-4-2-9-18(22)25/h1-13,16,26H,14-15H2. The molecule has 1 spiro atoms.